The Kier molecular flexibility index (Phi) is 10.8. The Morgan fingerprint density at radius 2 is 1.32 bits per heavy atom. The molecule has 0 radical (unpaired) electrons. The summed E-state index contributed by atoms with van der Waals surface area (Å²) in [5.74, 6) is 3.12. The van der Waals surface area contributed by atoms with Gasteiger partial charge in [-0.05, 0) is 80.0 Å². The van der Waals surface area contributed by atoms with Gasteiger partial charge in [0.15, 0.2) is 0 Å². The zero-order valence-electron chi connectivity index (χ0n) is 20.9. The van der Waals surface area contributed by atoms with Gasteiger partial charge in [-0.1, -0.05) is 71.1 Å². The van der Waals surface area contributed by atoms with Crippen molar-refractivity contribution < 1.29 is 22.7 Å². The monoisotopic (exact) mass is 480 g/mol. The van der Waals surface area contributed by atoms with E-state index in [1.54, 1.807) is 0 Å². The SMILES string of the molecule is CCCCCCC[C@H]1CC[C@H](C2CCC(CCC(=O)Oc3ccc(C(F)(F)F)cc3)CC2)CC1. The second-order valence-electron chi connectivity index (χ2n) is 10.8. The van der Waals surface area contributed by atoms with Crippen LogP contribution in [0, 0.1) is 23.7 Å². The first-order valence-electron chi connectivity index (χ1n) is 13.7. The lowest BCUT2D eigenvalue weighted by Crippen LogP contribution is -2.26. The van der Waals surface area contributed by atoms with Crippen molar-refractivity contribution in [2.45, 2.75) is 116 Å². The van der Waals surface area contributed by atoms with Gasteiger partial charge in [0.2, 0.25) is 0 Å². The first-order chi connectivity index (χ1) is 16.3. The maximum absolute atomic E-state index is 12.6. The number of unbranched alkanes of at least 4 members (excludes halogenated alkanes) is 4. The van der Waals surface area contributed by atoms with Crippen LogP contribution in [-0.2, 0) is 11.0 Å². The van der Waals surface area contributed by atoms with E-state index in [9.17, 15) is 18.0 Å². The Morgan fingerprint density at radius 3 is 1.85 bits per heavy atom. The second-order valence-corrected chi connectivity index (χ2v) is 10.8. The highest BCUT2D eigenvalue weighted by Gasteiger charge is 2.31. The predicted octanol–water partition coefficient (Wildman–Crippen LogP) is 9.36. The molecule has 2 aliphatic rings. The lowest BCUT2D eigenvalue weighted by atomic mass is 9.68. The Hall–Kier alpha value is -1.52. The van der Waals surface area contributed by atoms with Gasteiger partial charge in [-0.25, -0.2) is 0 Å². The smallest absolute Gasteiger partial charge is 0.416 e. The van der Waals surface area contributed by atoms with Gasteiger partial charge in [0.05, 0.1) is 5.56 Å². The summed E-state index contributed by atoms with van der Waals surface area (Å²) in [5, 5.41) is 0. The molecule has 34 heavy (non-hydrogen) atoms. The summed E-state index contributed by atoms with van der Waals surface area (Å²) in [5.41, 5.74) is -0.736. The Balaban J connectivity index is 1.28. The van der Waals surface area contributed by atoms with Crippen molar-refractivity contribution in [1.82, 2.24) is 0 Å². The number of esters is 1. The zero-order chi connectivity index (χ0) is 24.4. The molecule has 192 valence electrons. The molecule has 0 atom stereocenters. The van der Waals surface area contributed by atoms with Gasteiger partial charge >= 0.3 is 12.1 Å². The van der Waals surface area contributed by atoms with Gasteiger partial charge in [-0.15, -0.1) is 0 Å². The van der Waals surface area contributed by atoms with E-state index in [-0.39, 0.29) is 11.7 Å². The molecular formula is C29H43F3O2. The van der Waals surface area contributed by atoms with Crippen LogP contribution in [0.4, 0.5) is 13.2 Å². The first-order valence-corrected chi connectivity index (χ1v) is 13.7. The van der Waals surface area contributed by atoms with E-state index < -0.39 is 11.7 Å². The molecule has 0 bridgehead atoms. The quantitative estimate of drug-likeness (QED) is 0.179. The largest absolute Gasteiger partial charge is 0.427 e. The molecule has 3 rings (SSSR count). The molecule has 5 heteroatoms. The number of hydrogen-bond acceptors (Lipinski definition) is 2. The van der Waals surface area contributed by atoms with Crippen LogP contribution in [0.2, 0.25) is 0 Å². The summed E-state index contributed by atoms with van der Waals surface area (Å²) in [7, 11) is 0. The molecule has 0 spiro atoms. The maximum Gasteiger partial charge on any atom is 0.416 e. The molecule has 1 aromatic rings. The average Bonchev–Trinajstić information content (AvgIpc) is 2.83. The summed E-state index contributed by atoms with van der Waals surface area (Å²) in [4.78, 5) is 12.2. The minimum Gasteiger partial charge on any atom is -0.427 e. The molecule has 0 unspecified atom stereocenters. The summed E-state index contributed by atoms with van der Waals surface area (Å²) in [6.45, 7) is 2.27. The number of hydrogen-bond donors (Lipinski definition) is 0. The van der Waals surface area contributed by atoms with Crippen LogP contribution in [0.1, 0.15) is 115 Å². The molecule has 2 fully saturated rings. The summed E-state index contributed by atoms with van der Waals surface area (Å²) in [6.07, 6.45) is 15.8. The fourth-order valence-corrected chi connectivity index (χ4v) is 6.15. The molecule has 0 N–H and O–H groups in total. The molecule has 0 amide bonds. The molecule has 2 aliphatic carbocycles. The third-order valence-corrected chi connectivity index (χ3v) is 8.34. The molecule has 2 nitrogen and oxygen atoms in total. The molecule has 0 heterocycles. The number of halogens is 3. The van der Waals surface area contributed by atoms with E-state index in [1.165, 1.54) is 102 Å². The van der Waals surface area contributed by atoms with Gasteiger partial charge in [0.25, 0.3) is 0 Å². The molecule has 0 saturated heterocycles. The van der Waals surface area contributed by atoms with Crippen LogP contribution >= 0.6 is 0 Å². The van der Waals surface area contributed by atoms with E-state index in [2.05, 4.69) is 6.92 Å². The highest BCUT2D eigenvalue weighted by molar-refractivity contribution is 5.72. The van der Waals surface area contributed by atoms with Crippen LogP contribution in [0.5, 0.6) is 5.75 Å². The third-order valence-electron chi connectivity index (χ3n) is 8.34. The second kappa shape index (κ2) is 13.5. The first kappa shape index (κ1) is 27.1. The van der Waals surface area contributed by atoms with Gasteiger partial charge in [-0.2, -0.15) is 13.2 Å². The summed E-state index contributed by atoms with van der Waals surface area (Å²) in [6, 6.07) is 4.33. The van der Waals surface area contributed by atoms with Gasteiger partial charge in [0.1, 0.15) is 5.75 Å². The van der Waals surface area contributed by atoms with Crippen molar-refractivity contribution in [2.75, 3.05) is 0 Å². The van der Waals surface area contributed by atoms with Crippen LogP contribution in [-0.4, -0.2) is 5.97 Å². The van der Waals surface area contributed by atoms with Crippen molar-refractivity contribution in [2.24, 2.45) is 23.7 Å². The Morgan fingerprint density at radius 1 is 0.794 bits per heavy atom. The standard InChI is InChI=1S/C29H43F3O2/c1-2-3-4-5-6-7-22-8-13-24(14-9-22)25-15-10-23(11-16-25)12-21-28(33)34-27-19-17-26(18-20-27)29(30,31)32/h17-20,22-25H,2-16,21H2,1H3/t22-,23?,24-,25?. The van der Waals surface area contributed by atoms with Gasteiger partial charge in [0, 0.05) is 6.42 Å². The number of carbonyl (C=O) groups excluding carboxylic acids is 1. The van der Waals surface area contributed by atoms with Gasteiger partial charge in [-0.3, -0.25) is 4.79 Å². The molecule has 0 aromatic heterocycles. The lowest BCUT2D eigenvalue weighted by molar-refractivity contribution is -0.137. The number of ether oxygens (including phenoxy) is 1. The highest BCUT2D eigenvalue weighted by Crippen LogP contribution is 2.43. The Bertz CT molecular complexity index is 712. The minimum atomic E-state index is -4.38. The van der Waals surface area contributed by atoms with Crippen LogP contribution in [0.3, 0.4) is 0 Å². The van der Waals surface area contributed by atoms with E-state index in [4.69, 9.17) is 4.74 Å². The minimum absolute atomic E-state index is 0.179. The molecule has 2 saturated carbocycles. The third kappa shape index (κ3) is 8.92. The normalized spacial score (nSPS) is 25.8. The molecular weight excluding hydrogens is 437 g/mol. The average molecular weight is 481 g/mol. The fourth-order valence-electron chi connectivity index (χ4n) is 6.15. The lowest BCUT2D eigenvalue weighted by Gasteiger charge is -2.38. The summed E-state index contributed by atoms with van der Waals surface area (Å²) < 4.78 is 43.2. The number of alkyl halides is 3. The van der Waals surface area contributed by atoms with E-state index in [1.807, 2.05) is 0 Å². The molecule has 0 aliphatic heterocycles. The van der Waals surface area contributed by atoms with Crippen molar-refractivity contribution in [3.8, 4) is 5.75 Å². The summed E-state index contributed by atoms with van der Waals surface area (Å²) >= 11 is 0. The van der Waals surface area contributed by atoms with E-state index in [0.29, 0.717) is 12.3 Å². The maximum atomic E-state index is 12.6. The van der Waals surface area contributed by atoms with Crippen LogP contribution < -0.4 is 4.74 Å². The highest BCUT2D eigenvalue weighted by atomic mass is 19.4. The van der Waals surface area contributed by atoms with Crippen molar-refractivity contribution >= 4 is 5.97 Å². The van der Waals surface area contributed by atoms with Gasteiger partial charge < -0.3 is 4.74 Å². The van der Waals surface area contributed by atoms with Crippen LogP contribution in [0.15, 0.2) is 24.3 Å². The molecule has 1 aromatic carbocycles. The van der Waals surface area contributed by atoms with E-state index in [0.717, 1.165) is 36.3 Å². The van der Waals surface area contributed by atoms with Crippen molar-refractivity contribution in [3.05, 3.63) is 29.8 Å². The zero-order valence-corrected chi connectivity index (χ0v) is 20.9. The number of benzene rings is 1. The number of carbonyl (C=O) groups is 1. The predicted molar refractivity (Wildman–Crippen MR) is 131 cm³/mol. The van der Waals surface area contributed by atoms with E-state index >= 15 is 0 Å². The topological polar surface area (TPSA) is 26.3 Å². The van der Waals surface area contributed by atoms with Crippen molar-refractivity contribution in [1.29, 1.82) is 0 Å². The number of rotatable bonds is 11. The van der Waals surface area contributed by atoms with Crippen molar-refractivity contribution in [3.63, 3.8) is 0 Å². The fraction of sp³-hybridized carbons (Fsp3) is 0.759. The van der Waals surface area contributed by atoms with Crippen LogP contribution in [0.25, 0.3) is 0 Å². The Labute approximate surface area is 204 Å².